The molecule has 0 fully saturated rings. The van der Waals surface area contributed by atoms with Crippen molar-refractivity contribution in [3.8, 4) is 5.75 Å². The highest BCUT2D eigenvalue weighted by molar-refractivity contribution is 6.17. The Morgan fingerprint density at radius 3 is 2.74 bits per heavy atom. The van der Waals surface area contributed by atoms with Crippen molar-refractivity contribution >= 4 is 17.5 Å². The normalized spacial score (nSPS) is 10.3. The second-order valence-electron chi connectivity index (χ2n) is 4.33. The van der Waals surface area contributed by atoms with Gasteiger partial charge in [-0.05, 0) is 31.0 Å². The number of amides is 1. The van der Waals surface area contributed by atoms with E-state index in [0.717, 1.165) is 19.3 Å². The Morgan fingerprint density at radius 2 is 2.11 bits per heavy atom. The van der Waals surface area contributed by atoms with Crippen LogP contribution in [0, 0.1) is 5.82 Å². The number of alkyl halides is 1. The van der Waals surface area contributed by atoms with E-state index < -0.39 is 5.82 Å². The Morgan fingerprint density at radius 1 is 1.37 bits per heavy atom. The van der Waals surface area contributed by atoms with Gasteiger partial charge in [0.05, 0.1) is 7.11 Å². The maximum Gasteiger partial charge on any atom is 0.253 e. The van der Waals surface area contributed by atoms with Crippen molar-refractivity contribution in [1.29, 1.82) is 0 Å². The van der Waals surface area contributed by atoms with E-state index in [-0.39, 0.29) is 11.7 Å². The highest BCUT2D eigenvalue weighted by Gasteiger charge is 2.13. The molecule has 0 bridgehead atoms. The molecule has 1 aromatic carbocycles. The van der Waals surface area contributed by atoms with Crippen LogP contribution in [0.1, 0.15) is 29.6 Å². The van der Waals surface area contributed by atoms with Gasteiger partial charge < -0.3 is 9.64 Å². The van der Waals surface area contributed by atoms with Crippen molar-refractivity contribution in [1.82, 2.24) is 4.90 Å². The number of hydrogen-bond acceptors (Lipinski definition) is 2. The number of nitrogens with zero attached hydrogens (tertiary/aromatic N) is 1. The van der Waals surface area contributed by atoms with E-state index in [9.17, 15) is 9.18 Å². The molecule has 0 unspecified atom stereocenters. The molecule has 0 aromatic heterocycles. The van der Waals surface area contributed by atoms with Crippen LogP contribution in [0.25, 0.3) is 0 Å². The highest BCUT2D eigenvalue weighted by Crippen LogP contribution is 2.19. The molecule has 1 rings (SSSR count). The van der Waals surface area contributed by atoms with Crippen LogP contribution in [-0.4, -0.2) is 37.4 Å². The smallest absolute Gasteiger partial charge is 0.253 e. The number of hydrogen-bond donors (Lipinski definition) is 0. The zero-order valence-corrected chi connectivity index (χ0v) is 12.0. The molecule has 0 atom stereocenters. The van der Waals surface area contributed by atoms with Crippen LogP contribution in [0.2, 0.25) is 0 Å². The lowest BCUT2D eigenvalue weighted by Crippen LogP contribution is -2.27. The summed E-state index contributed by atoms with van der Waals surface area (Å²) in [6.07, 6.45) is 2.86. The summed E-state index contributed by atoms with van der Waals surface area (Å²) >= 11 is 5.59. The third-order valence-electron chi connectivity index (χ3n) is 2.87. The molecule has 5 heteroatoms. The molecule has 0 heterocycles. The molecule has 0 spiro atoms. The van der Waals surface area contributed by atoms with E-state index in [1.807, 2.05) is 0 Å². The zero-order valence-electron chi connectivity index (χ0n) is 11.3. The maximum atomic E-state index is 13.3. The monoisotopic (exact) mass is 287 g/mol. The van der Waals surface area contributed by atoms with Gasteiger partial charge in [-0.15, -0.1) is 11.6 Å². The van der Waals surface area contributed by atoms with E-state index >= 15 is 0 Å². The topological polar surface area (TPSA) is 29.5 Å². The van der Waals surface area contributed by atoms with Crippen LogP contribution >= 0.6 is 11.6 Å². The summed E-state index contributed by atoms with van der Waals surface area (Å²) in [5.74, 6) is 0.127. The fraction of sp³-hybridized carbons (Fsp3) is 0.500. The molecular formula is C14H19ClFNO2. The highest BCUT2D eigenvalue weighted by atomic mass is 35.5. The number of carbonyl (C=O) groups is 1. The fourth-order valence-electron chi connectivity index (χ4n) is 1.73. The standard InChI is InChI=1S/C14H19ClFNO2/c1-17(9-5-3-4-8-15)14(18)11-6-7-12(16)13(10-11)19-2/h6-7,10H,3-5,8-9H2,1-2H3. The van der Waals surface area contributed by atoms with Crippen molar-refractivity contribution in [2.75, 3.05) is 26.6 Å². The first kappa shape index (κ1) is 15.8. The van der Waals surface area contributed by atoms with Gasteiger partial charge in [0, 0.05) is 25.0 Å². The Labute approximate surface area is 118 Å². The second kappa shape index (κ2) is 8.00. The fourth-order valence-corrected chi connectivity index (χ4v) is 1.92. The maximum absolute atomic E-state index is 13.3. The summed E-state index contributed by atoms with van der Waals surface area (Å²) in [5, 5.41) is 0. The third-order valence-corrected chi connectivity index (χ3v) is 3.14. The van der Waals surface area contributed by atoms with Crippen LogP contribution in [0.5, 0.6) is 5.75 Å². The van der Waals surface area contributed by atoms with Crippen molar-refractivity contribution in [3.63, 3.8) is 0 Å². The van der Waals surface area contributed by atoms with E-state index in [1.54, 1.807) is 11.9 Å². The summed E-state index contributed by atoms with van der Waals surface area (Å²) in [7, 11) is 3.11. The minimum atomic E-state index is -0.469. The SMILES string of the molecule is COc1cc(C(=O)N(C)CCCCCCl)ccc1F. The summed E-state index contributed by atoms with van der Waals surface area (Å²) in [5.41, 5.74) is 0.429. The van der Waals surface area contributed by atoms with Crippen molar-refractivity contribution in [2.45, 2.75) is 19.3 Å². The van der Waals surface area contributed by atoms with E-state index in [2.05, 4.69) is 0 Å². The van der Waals surface area contributed by atoms with E-state index in [4.69, 9.17) is 16.3 Å². The van der Waals surface area contributed by atoms with Gasteiger partial charge in [-0.25, -0.2) is 4.39 Å². The second-order valence-corrected chi connectivity index (χ2v) is 4.70. The van der Waals surface area contributed by atoms with E-state index in [0.29, 0.717) is 18.0 Å². The van der Waals surface area contributed by atoms with Gasteiger partial charge in [0.2, 0.25) is 0 Å². The van der Waals surface area contributed by atoms with Gasteiger partial charge in [-0.3, -0.25) is 4.79 Å². The van der Waals surface area contributed by atoms with Crippen molar-refractivity contribution < 1.29 is 13.9 Å². The first-order valence-corrected chi connectivity index (χ1v) is 6.78. The lowest BCUT2D eigenvalue weighted by Gasteiger charge is -2.17. The summed E-state index contributed by atoms with van der Waals surface area (Å²) in [6, 6.07) is 4.13. The Hall–Kier alpha value is -1.29. The third kappa shape index (κ3) is 4.71. The quantitative estimate of drug-likeness (QED) is 0.569. The molecule has 0 aliphatic rings. The predicted octanol–water partition coefficient (Wildman–Crippen LogP) is 3.32. The molecule has 1 aromatic rings. The number of halogens is 2. The zero-order chi connectivity index (χ0) is 14.3. The molecule has 1 amide bonds. The lowest BCUT2D eigenvalue weighted by atomic mass is 10.1. The first-order valence-electron chi connectivity index (χ1n) is 6.25. The number of ether oxygens (including phenoxy) is 1. The molecule has 3 nitrogen and oxygen atoms in total. The minimum absolute atomic E-state index is 0.0846. The van der Waals surface area contributed by atoms with Gasteiger partial charge in [0.1, 0.15) is 0 Å². The van der Waals surface area contributed by atoms with Gasteiger partial charge >= 0.3 is 0 Å². The minimum Gasteiger partial charge on any atom is -0.494 e. The van der Waals surface area contributed by atoms with Gasteiger partial charge in [-0.1, -0.05) is 6.42 Å². The largest absolute Gasteiger partial charge is 0.494 e. The molecule has 0 N–H and O–H groups in total. The number of benzene rings is 1. The molecule has 19 heavy (non-hydrogen) atoms. The molecule has 106 valence electrons. The number of methoxy groups -OCH3 is 1. The van der Waals surface area contributed by atoms with Crippen LogP contribution in [0.3, 0.4) is 0 Å². The number of rotatable bonds is 7. The van der Waals surface area contributed by atoms with Gasteiger partial charge in [-0.2, -0.15) is 0 Å². The molecule has 0 aliphatic carbocycles. The lowest BCUT2D eigenvalue weighted by molar-refractivity contribution is 0.0792. The molecule has 0 radical (unpaired) electrons. The van der Waals surface area contributed by atoms with Crippen LogP contribution in [0.15, 0.2) is 18.2 Å². The Kier molecular flexibility index (Phi) is 6.64. The van der Waals surface area contributed by atoms with Gasteiger partial charge in [0.15, 0.2) is 11.6 Å². The van der Waals surface area contributed by atoms with Gasteiger partial charge in [0.25, 0.3) is 5.91 Å². The Bertz CT molecular complexity index is 426. The van der Waals surface area contributed by atoms with Crippen molar-refractivity contribution in [2.24, 2.45) is 0 Å². The summed E-state index contributed by atoms with van der Waals surface area (Å²) < 4.78 is 18.1. The molecular weight excluding hydrogens is 269 g/mol. The number of unbranched alkanes of at least 4 members (excludes halogenated alkanes) is 2. The van der Waals surface area contributed by atoms with Crippen LogP contribution in [0.4, 0.5) is 4.39 Å². The van der Waals surface area contributed by atoms with E-state index in [1.165, 1.54) is 25.3 Å². The summed E-state index contributed by atoms with van der Waals surface area (Å²) in [4.78, 5) is 13.7. The van der Waals surface area contributed by atoms with Crippen LogP contribution in [-0.2, 0) is 0 Å². The first-order chi connectivity index (χ1) is 9.10. The Balaban J connectivity index is 2.61. The molecule has 0 saturated carbocycles. The molecule has 0 saturated heterocycles. The summed E-state index contributed by atoms with van der Waals surface area (Å²) in [6.45, 7) is 0.662. The predicted molar refractivity (Wildman–Crippen MR) is 74.5 cm³/mol. The van der Waals surface area contributed by atoms with Crippen LogP contribution < -0.4 is 4.74 Å². The number of carbonyl (C=O) groups excluding carboxylic acids is 1. The average molecular weight is 288 g/mol. The van der Waals surface area contributed by atoms with Crippen molar-refractivity contribution in [3.05, 3.63) is 29.6 Å². The average Bonchev–Trinajstić information content (AvgIpc) is 2.43. The molecule has 0 aliphatic heterocycles.